The van der Waals surface area contributed by atoms with Crippen molar-refractivity contribution in [3.05, 3.63) is 46.3 Å². The molecule has 2 N–H and O–H groups in total. The van der Waals surface area contributed by atoms with Crippen LogP contribution in [-0.4, -0.2) is 11.8 Å². The molecule has 4 nitrogen and oxygen atoms in total. The van der Waals surface area contributed by atoms with Gasteiger partial charge in [0, 0.05) is 16.5 Å². The second-order valence-corrected chi connectivity index (χ2v) is 7.60. The number of rotatable bonds is 4. The van der Waals surface area contributed by atoms with Crippen LogP contribution in [0.4, 0.5) is 10.7 Å². The van der Waals surface area contributed by atoms with Gasteiger partial charge in [0.25, 0.3) is 5.91 Å². The number of nitrogens with one attached hydrogen (secondary N) is 2. The maximum Gasteiger partial charge on any atom is 0.258 e. The summed E-state index contributed by atoms with van der Waals surface area (Å²) in [5, 5.41) is 6.71. The van der Waals surface area contributed by atoms with Gasteiger partial charge in [-0.3, -0.25) is 9.59 Å². The number of para-hydroxylation sites is 1. The van der Waals surface area contributed by atoms with Gasteiger partial charge in [-0.1, -0.05) is 18.2 Å². The molecule has 2 aliphatic carbocycles. The molecule has 0 spiro atoms. The first kappa shape index (κ1) is 15.4. The van der Waals surface area contributed by atoms with E-state index in [2.05, 4.69) is 10.6 Å². The van der Waals surface area contributed by atoms with Gasteiger partial charge in [0.05, 0.1) is 5.56 Å². The SMILES string of the molecule is O=C(Nc1ccccc1)c1c(NC(=O)C2CC2)sc2c1CCCC2. The molecule has 0 unspecified atom stereocenters. The smallest absolute Gasteiger partial charge is 0.258 e. The van der Waals surface area contributed by atoms with E-state index in [1.165, 1.54) is 4.88 Å². The highest BCUT2D eigenvalue weighted by Crippen LogP contribution is 2.40. The summed E-state index contributed by atoms with van der Waals surface area (Å²) < 4.78 is 0. The van der Waals surface area contributed by atoms with Crippen LogP contribution in [0.5, 0.6) is 0 Å². The van der Waals surface area contributed by atoms with Gasteiger partial charge >= 0.3 is 0 Å². The van der Waals surface area contributed by atoms with Gasteiger partial charge in [0.2, 0.25) is 5.91 Å². The molecule has 5 heteroatoms. The number of thiophene rings is 1. The topological polar surface area (TPSA) is 58.2 Å². The fourth-order valence-electron chi connectivity index (χ4n) is 3.17. The molecule has 1 aromatic heterocycles. The van der Waals surface area contributed by atoms with E-state index in [-0.39, 0.29) is 17.7 Å². The van der Waals surface area contributed by atoms with Crippen molar-refractivity contribution in [3.8, 4) is 0 Å². The minimum absolute atomic E-state index is 0.0577. The molecule has 24 heavy (non-hydrogen) atoms. The molecule has 1 heterocycles. The van der Waals surface area contributed by atoms with E-state index in [0.29, 0.717) is 5.56 Å². The van der Waals surface area contributed by atoms with Crippen molar-refractivity contribution in [2.24, 2.45) is 5.92 Å². The Morgan fingerprint density at radius 2 is 1.75 bits per heavy atom. The first-order valence-electron chi connectivity index (χ1n) is 8.54. The summed E-state index contributed by atoms with van der Waals surface area (Å²) in [7, 11) is 0. The molecule has 0 aliphatic heterocycles. The summed E-state index contributed by atoms with van der Waals surface area (Å²) in [6, 6.07) is 9.46. The molecule has 2 aromatic rings. The minimum atomic E-state index is -0.119. The van der Waals surface area contributed by atoms with Gasteiger partial charge < -0.3 is 10.6 Å². The number of hydrogen-bond donors (Lipinski definition) is 2. The summed E-state index contributed by atoms with van der Waals surface area (Å²) in [6.07, 6.45) is 6.10. The number of benzene rings is 1. The summed E-state index contributed by atoms with van der Waals surface area (Å²) in [5.74, 6) is 0.0724. The molecule has 0 atom stereocenters. The van der Waals surface area contributed by atoms with Crippen LogP contribution in [0, 0.1) is 5.92 Å². The molecular weight excluding hydrogens is 320 g/mol. The van der Waals surface area contributed by atoms with Crippen LogP contribution in [-0.2, 0) is 17.6 Å². The van der Waals surface area contributed by atoms with Crippen LogP contribution >= 0.6 is 11.3 Å². The van der Waals surface area contributed by atoms with Crippen LogP contribution in [0.1, 0.15) is 46.5 Å². The molecular formula is C19H20N2O2S. The Balaban J connectivity index is 1.64. The van der Waals surface area contributed by atoms with E-state index < -0.39 is 0 Å². The molecule has 2 amide bonds. The fourth-order valence-corrected chi connectivity index (χ4v) is 4.46. The molecule has 1 saturated carbocycles. The standard InChI is InChI=1S/C19H20N2O2S/c22-17(12-10-11-12)21-19-16(14-8-4-5-9-15(14)24-19)18(23)20-13-6-2-1-3-7-13/h1-3,6-7,12H,4-5,8-11H2,(H,20,23)(H,21,22). The third-order valence-corrected chi connectivity index (χ3v) is 5.82. The van der Waals surface area contributed by atoms with Gasteiger partial charge in [0.15, 0.2) is 0 Å². The average Bonchev–Trinajstić information content (AvgIpc) is 3.37. The summed E-state index contributed by atoms with van der Waals surface area (Å²) in [4.78, 5) is 26.3. The first-order chi connectivity index (χ1) is 11.7. The molecule has 124 valence electrons. The van der Waals surface area contributed by atoms with E-state index in [1.54, 1.807) is 11.3 Å². The van der Waals surface area contributed by atoms with Crippen molar-refractivity contribution in [3.63, 3.8) is 0 Å². The van der Waals surface area contributed by atoms with Crippen molar-refractivity contribution >= 4 is 33.8 Å². The lowest BCUT2D eigenvalue weighted by Gasteiger charge is -2.13. The monoisotopic (exact) mass is 340 g/mol. The molecule has 1 aromatic carbocycles. The fraction of sp³-hybridized carbons (Fsp3) is 0.368. The molecule has 0 saturated heterocycles. The number of hydrogen-bond acceptors (Lipinski definition) is 3. The average molecular weight is 340 g/mol. The minimum Gasteiger partial charge on any atom is -0.322 e. The second kappa shape index (κ2) is 6.40. The zero-order valence-electron chi connectivity index (χ0n) is 13.4. The third kappa shape index (κ3) is 3.08. The predicted molar refractivity (Wildman–Crippen MR) is 96.7 cm³/mol. The van der Waals surface area contributed by atoms with Crippen LogP contribution in [0.25, 0.3) is 0 Å². The Labute approximate surface area is 145 Å². The lowest BCUT2D eigenvalue weighted by atomic mass is 9.95. The van der Waals surface area contributed by atoms with Crippen LogP contribution in [0.2, 0.25) is 0 Å². The highest BCUT2D eigenvalue weighted by Gasteiger charge is 2.32. The molecule has 0 bridgehead atoms. The molecule has 0 radical (unpaired) electrons. The van der Waals surface area contributed by atoms with E-state index in [4.69, 9.17) is 0 Å². The summed E-state index contributed by atoms with van der Waals surface area (Å²) in [5.41, 5.74) is 2.58. The van der Waals surface area contributed by atoms with E-state index >= 15 is 0 Å². The van der Waals surface area contributed by atoms with Crippen LogP contribution in [0.15, 0.2) is 30.3 Å². The first-order valence-corrected chi connectivity index (χ1v) is 9.36. The lowest BCUT2D eigenvalue weighted by molar-refractivity contribution is -0.117. The lowest BCUT2D eigenvalue weighted by Crippen LogP contribution is -2.19. The van der Waals surface area contributed by atoms with Crippen LogP contribution in [0.3, 0.4) is 0 Å². The van der Waals surface area contributed by atoms with Gasteiger partial charge in [-0.05, 0) is 56.2 Å². The van der Waals surface area contributed by atoms with Gasteiger partial charge in [-0.25, -0.2) is 0 Å². The van der Waals surface area contributed by atoms with E-state index in [0.717, 1.165) is 54.8 Å². The Hall–Kier alpha value is -2.14. The molecule has 2 aliphatic rings. The number of carbonyl (C=O) groups excluding carboxylic acids is 2. The maximum atomic E-state index is 12.9. The molecule has 1 fully saturated rings. The number of fused-ring (bicyclic) bond motifs is 1. The number of aryl methyl sites for hydroxylation is 1. The Kier molecular flexibility index (Phi) is 4.10. The van der Waals surface area contributed by atoms with Gasteiger partial charge in [-0.2, -0.15) is 0 Å². The van der Waals surface area contributed by atoms with Crippen molar-refractivity contribution in [2.45, 2.75) is 38.5 Å². The maximum absolute atomic E-state index is 12.9. The Morgan fingerprint density at radius 1 is 1.00 bits per heavy atom. The second-order valence-electron chi connectivity index (χ2n) is 6.50. The largest absolute Gasteiger partial charge is 0.322 e. The number of amides is 2. The summed E-state index contributed by atoms with van der Waals surface area (Å²) in [6.45, 7) is 0. The number of carbonyl (C=O) groups is 2. The van der Waals surface area contributed by atoms with Crippen molar-refractivity contribution < 1.29 is 9.59 Å². The van der Waals surface area contributed by atoms with Crippen molar-refractivity contribution in [2.75, 3.05) is 10.6 Å². The highest BCUT2D eigenvalue weighted by atomic mass is 32.1. The van der Waals surface area contributed by atoms with Gasteiger partial charge in [-0.15, -0.1) is 11.3 Å². The Morgan fingerprint density at radius 3 is 2.50 bits per heavy atom. The van der Waals surface area contributed by atoms with E-state index in [9.17, 15) is 9.59 Å². The van der Waals surface area contributed by atoms with E-state index in [1.807, 2.05) is 30.3 Å². The zero-order chi connectivity index (χ0) is 16.5. The third-order valence-electron chi connectivity index (χ3n) is 4.61. The normalized spacial score (nSPS) is 16.3. The van der Waals surface area contributed by atoms with Gasteiger partial charge in [0.1, 0.15) is 5.00 Å². The predicted octanol–water partition coefficient (Wildman–Crippen LogP) is 4.23. The van der Waals surface area contributed by atoms with Crippen molar-refractivity contribution in [1.82, 2.24) is 0 Å². The molecule has 4 rings (SSSR count). The number of anilines is 2. The van der Waals surface area contributed by atoms with Crippen LogP contribution < -0.4 is 10.6 Å². The van der Waals surface area contributed by atoms with Crippen molar-refractivity contribution in [1.29, 1.82) is 0 Å². The highest BCUT2D eigenvalue weighted by molar-refractivity contribution is 7.17. The quantitative estimate of drug-likeness (QED) is 0.875. The Bertz CT molecular complexity index is 778. The zero-order valence-corrected chi connectivity index (χ0v) is 14.2. The summed E-state index contributed by atoms with van der Waals surface area (Å²) >= 11 is 1.58.